The number of nitrogens with zero attached hydrogens (tertiary/aromatic N) is 3. The van der Waals surface area contributed by atoms with Crippen molar-refractivity contribution in [2.75, 3.05) is 13.6 Å². The maximum atomic E-state index is 12.0. The molecule has 0 bridgehead atoms. The lowest BCUT2D eigenvalue weighted by Crippen LogP contribution is -2.36. The number of amides is 1. The van der Waals surface area contributed by atoms with Gasteiger partial charge in [0.25, 0.3) is 0 Å². The summed E-state index contributed by atoms with van der Waals surface area (Å²) in [4.78, 5) is 40.0. The fraction of sp³-hybridized carbons (Fsp3) is 0.571. The second-order valence-corrected chi connectivity index (χ2v) is 4.93. The number of carbonyl (C=O) groups excluding carboxylic acids is 1. The van der Waals surface area contributed by atoms with Crippen molar-refractivity contribution in [3.05, 3.63) is 27.4 Å². The minimum atomic E-state index is -0.909. The molecule has 0 aliphatic rings. The van der Waals surface area contributed by atoms with E-state index in [4.69, 9.17) is 5.11 Å². The fourth-order valence-electron chi connectivity index (χ4n) is 2.05. The van der Waals surface area contributed by atoms with Crippen LogP contribution in [0.2, 0.25) is 0 Å². The number of carboxylic acids is 1. The molecule has 0 atom stereocenters. The Hall–Kier alpha value is -2.18. The maximum Gasteiger partial charge on any atom is 0.348 e. The third-order valence-corrected chi connectivity index (χ3v) is 3.55. The SMILES string of the molecule is CCN(C)C(=O)Cn1c(C)c(CCC(=O)O)c(C)nc1=O. The number of likely N-dealkylation sites (N-methyl/N-ethyl adjacent to an activating group) is 1. The quantitative estimate of drug-likeness (QED) is 0.817. The molecule has 0 spiro atoms. The van der Waals surface area contributed by atoms with Gasteiger partial charge in [-0.25, -0.2) is 4.79 Å². The smallest absolute Gasteiger partial charge is 0.348 e. The maximum absolute atomic E-state index is 12.0. The molecule has 0 fully saturated rings. The van der Waals surface area contributed by atoms with Gasteiger partial charge in [-0.05, 0) is 32.8 Å². The summed E-state index contributed by atoms with van der Waals surface area (Å²) in [5.41, 5.74) is 1.35. The van der Waals surface area contributed by atoms with Gasteiger partial charge < -0.3 is 10.0 Å². The van der Waals surface area contributed by atoms with Crippen molar-refractivity contribution in [2.24, 2.45) is 0 Å². The van der Waals surface area contributed by atoms with Gasteiger partial charge in [0.2, 0.25) is 5.91 Å². The summed E-state index contributed by atoms with van der Waals surface area (Å²) in [5, 5.41) is 8.78. The molecule has 7 heteroatoms. The molecule has 0 unspecified atom stereocenters. The molecule has 0 radical (unpaired) electrons. The topological polar surface area (TPSA) is 92.5 Å². The first-order chi connectivity index (χ1) is 9.77. The molecule has 1 heterocycles. The summed E-state index contributed by atoms with van der Waals surface area (Å²) in [7, 11) is 1.66. The number of hydrogen-bond acceptors (Lipinski definition) is 4. The minimum Gasteiger partial charge on any atom is -0.481 e. The highest BCUT2D eigenvalue weighted by molar-refractivity contribution is 5.75. The van der Waals surface area contributed by atoms with E-state index in [1.54, 1.807) is 20.9 Å². The van der Waals surface area contributed by atoms with Crippen LogP contribution in [-0.2, 0) is 22.6 Å². The van der Waals surface area contributed by atoms with E-state index >= 15 is 0 Å². The van der Waals surface area contributed by atoms with Crippen molar-refractivity contribution in [3.63, 3.8) is 0 Å². The number of rotatable bonds is 6. The summed E-state index contributed by atoms with van der Waals surface area (Å²) >= 11 is 0. The molecule has 0 saturated carbocycles. The number of aliphatic carboxylic acids is 1. The Kier molecular flexibility index (Phi) is 5.63. The van der Waals surface area contributed by atoms with E-state index in [2.05, 4.69) is 4.98 Å². The molecular formula is C14H21N3O4. The fourth-order valence-corrected chi connectivity index (χ4v) is 2.05. The molecule has 0 saturated heterocycles. The summed E-state index contributed by atoms with van der Waals surface area (Å²) in [6.45, 7) is 5.71. The molecule has 0 aliphatic carbocycles. The molecule has 7 nitrogen and oxygen atoms in total. The van der Waals surface area contributed by atoms with Gasteiger partial charge in [-0.3, -0.25) is 14.2 Å². The molecule has 1 aromatic heterocycles. The van der Waals surface area contributed by atoms with Crippen molar-refractivity contribution in [1.29, 1.82) is 0 Å². The predicted octanol–water partition coefficient (Wildman–Crippen LogP) is 0.356. The van der Waals surface area contributed by atoms with E-state index in [0.29, 0.717) is 23.5 Å². The first-order valence-corrected chi connectivity index (χ1v) is 6.80. The number of hydrogen-bond donors (Lipinski definition) is 1. The summed E-state index contributed by atoms with van der Waals surface area (Å²) in [6, 6.07) is 0. The van der Waals surface area contributed by atoms with Crippen LogP contribution in [0.25, 0.3) is 0 Å². The Balaban J connectivity index is 3.15. The van der Waals surface area contributed by atoms with Crippen LogP contribution < -0.4 is 5.69 Å². The second-order valence-electron chi connectivity index (χ2n) is 4.93. The highest BCUT2D eigenvalue weighted by Crippen LogP contribution is 2.12. The van der Waals surface area contributed by atoms with Crippen LogP contribution in [0.15, 0.2) is 4.79 Å². The summed E-state index contributed by atoms with van der Waals surface area (Å²) < 4.78 is 1.30. The van der Waals surface area contributed by atoms with Crippen LogP contribution in [0, 0.1) is 13.8 Å². The van der Waals surface area contributed by atoms with Crippen LogP contribution in [0.1, 0.15) is 30.3 Å². The molecule has 0 aliphatic heterocycles. The summed E-state index contributed by atoms with van der Waals surface area (Å²) in [6.07, 6.45) is 0.252. The predicted molar refractivity (Wildman–Crippen MR) is 77.2 cm³/mol. The first-order valence-electron chi connectivity index (χ1n) is 6.80. The van der Waals surface area contributed by atoms with Crippen molar-refractivity contribution >= 4 is 11.9 Å². The van der Waals surface area contributed by atoms with E-state index < -0.39 is 11.7 Å². The second kappa shape index (κ2) is 7.01. The van der Waals surface area contributed by atoms with Gasteiger partial charge in [-0.1, -0.05) is 0 Å². The van der Waals surface area contributed by atoms with Gasteiger partial charge in [-0.2, -0.15) is 4.98 Å². The van der Waals surface area contributed by atoms with Crippen LogP contribution in [0.3, 0.4) is 0 Å². The van der Waals surface area contributed by atoms with E-state index in [0.717, 1.165) is 0 Å². The molecule has 1 aromatic rings. The molecule has 1 N–H and O–H groups in total. The monoisotopic (exact) mass is 295 g/mol. The number of aromatic nitrogens is 2. The third-order valence-electron chi connectivity index (χ3n) is 3.55. The standard InChI is InChI=1S/C14H21N3O4/c1-5-16(4)12(18)8-17-10(3)11(6-7-13(19)20)9(2)15-14(17)21/h5-8H2,1-4H3,(H,19,20). The molecule has 0 aromatic carbocycles. The highest BCUT2D eigenvalue weighted by Gasteiger charge is 2.16. The number of carboxylic acid groups (broad SMARTS) is 1. The van der Waals surface area contributed by atoms with Crippen molar-refractivity contribution in [3.8, 4) is 0 Å². The van der Waals surface area contributed by atoms with Gasteiger partial charge in [0, 0.05) is 31.4 Å². The average Bonchev–Trinajstić information content (AvgIpc) is 2.41. The highest BCUT2D eigenvalue weighted by atomic mass is 16.4. The van der Waals surface area contributed by atoms with Gasteiger partial charge in [0.05, 0.1) is 0 Å². The number of aryl methyl sites for hydroxylation is 1. The minimum absolute atomic E-state index is 0.0373. The Labute approximate surface area is 123 Å². The third kappa shape index (κ3) is 4.14. The lowest BCUT2D eigenvalue weighted by Gasteiger charge is -2.18. The Morgan fingerprint density at radius 1 is 1.33 bits per heavy atom. The molecular weight excluding hydrogens is 274 g/mol. The summed E-state index contributed by atoms with van der Waals surface area (Å²) in [5.74, 6) is -1.09. The van der Waals surface area contributed by atoms with E-state index in [1.807, 2.05) is 6.92 Å². The zero-order chi connectivity index (χ0) is 16.2. The first kappa shape index (κ1) is 16.9. The van der Waals surface area contributed by atoms with Gasteiger partial charge in [0.15, 0.2) is 0 Å². The van der Waals surface area contributed by atoms with Crippen LogP contribution >= 0.6 is 0 Å². The zero-order valence-corrected chi connectivity index (χ0v) is 12.8. The Morgan fingerprint density at radius 2 is 1.95 bits per heavy atom. The molecule has 21 heavy (non-hydrogen) atoms. The average molecular weight is 295 g/mol. The van der Waals surface area contributed by atoms with Gasteiger partial charge in [0.1, 0.15) is 6.54 Å². The zero-order valence-electron chi connectivity index (χ0n) is 12.8. The van der Waals surface area contributed by atoms with Crippen LogP contribution in [-0.4, -0.2) is 45.0 Å². The van der Waals surface area contributed by atoms with Crippen molar-refractivity contribution < 1.29 is 14.7 Å². The van der Waals surface area contributed by atoms with E-state index in [-0.39, 0.29) is 25.3 Å². The molecule has 1 amide bonds. The molecule has 116 valence electrons. The molecule has 1 rings (SSSR count). The van der Waals surface area contributed by atoms with Crippen LogP contribution in [0.5, 0.6) is 0 Å². The van der Waals surface area contributed by atoms with Crippen molar-refractivity contribution in [2.45, 2.75) is 40.2 Å². The lowest BCUT2D eigenvalue weighted by atomic mass is 10.1. The Bertz CT molecular complexity index is 607. The van der Waals surface area contributed by atoms with Crippen molar-refractivity contribution in [1.82, 2.24) is 14.5 Å². The number of carbonyl (C=O) groups is 2. The van der Waals surface area contributed by atoms with Gasteiger partial charge >= 0.3 is 11.7 Å². The largest absolute Gasteiger partial charge is 0.481 e. The van der Waals surface area contributed by atoms with E-state index in [1.165, 1.54) is 9.47 Å². The van der Waals surface area contributed by atoms with Crippen LogP contribution in [0.4, 0.5) is 0 Å². The van der Waals surface area contributed by atoms with Gasteiger partial charge in [-0.15, -0.1) is 0 Å². The van der Waals surface area contributed by atoms with E-state index in [9.17, 15) is 14.4 Å². The Morgan fingerprint density at radius 3 is 2.48 bits per heavy atom. The normalized spacial score (nSPS) is 10.5. The lowest BCUT2D eigenvalue weighted by molar-refractivity contribution is -0.137.